The van der Waals surface area contributed by atoms with E-state index in [1.807, 2.05) is 73.2 Å². The quantitative estimate of drug-likeness (QED) is 0.374. The zero-order valence-corrected chi connectivity index (χ0v) is 17.7. The Morgan fingerprint density at radius 1 is 1.17 bits per heavy atom. The summed E-state index contributed by atoms with van der Waals surface area (Å²) in [6.07, 6.45) is 3.98. The smallest absolute Gasteiger partial charge is 0.298 e. The van der Waals surface area contributed by atoms with E-state index >= 15 is 0 Å². The van der Waals surface area contributed by atoms with Crippen molar-refractivity contribution in [2.45, 2.75) is 25.7 Å². The molecule has 0 atom stereocenters. The van der Waals surface area contributed by atoms with Gasteiger partial charge in [0.2, 0.25) is 5.69 Å². The predicted octanol–water partition coefficient (Wildman–Crippen LogP) is 3.16. The second kappa shape index (κ2) is 8.81. The zero-order chi connectivity index (χ0) is 21.8. The van der Waals surface area contributed by atoms with Crippen LogP contribution in [0, 0.1) is 0 Å². The van der Waals surface area contributed by atoms with E-state index in [-0.39, 0.29) is 6.42 Å². The van der Waals surface area contributed by atoms with Crippen LogP contribution in [0.15, 0.2) is 60.8 Å². The number of carbonyl (C=O) groups excluding carboxylic acids is 1. The Balaban J connectivity index is 1.95. The third-order valence-electron chi connectivity index (χ3n) is 5.09. The molecule has 0 unspecified atom stereocenters. The number of hydrogen-bond acceptors (Lipinski definition) is 6. The van der Waals surface area contributed by atoms with Crippen LogP contribution in [0.2, 0.25) is 0 Å². The lowest BCUT2D eigenvalue weighted by atomic mass is 9.81. The molecular formula is C22H24N2O5S. The fourth-order valence-corrected chi connectivity index (χ4v) is 4.16. The van der Waals surface area contributed by atoms with Crippen LogP contribution >= 0.6 is 0 Å². The molecule has 0 bridgehead atoms. The maximum absolute atomic E-state index is 11.1. The van der Waals surface area contributed by atoms with Crippen LogP contribution in [-0.4, -0.2) is 42.0 Å². The third kappa shape index (κ3) is 4.95. The first kappa shape index (κ1) is 21.7. The molecule has 0 spiro atoms. The average molecular weight is 429 g/mol. The van der Waals surface area contributed by atoms with E-state index in [0.717, 1.165) is 22.6 Å². The Labute approximate surface area is 176 Å². The number of hydrogen-bond donors (Lipinski definition) is 1. The second-order valence-corrected chi connectivity index (χ2v) is 9.04. The molecule has 158 valence electrons. The molecule has 1 heterocycles. The van der Waals surface area contributed by atoms with Crippen LogP contribution in [0.4, 0.5) is 11.4 Å². The summed E-state index contributed by atoms with van der Waals surface area (Å²) in [5.41, 5.74) is 3.29. The molecule has 7 nitrogen and oxygen atoms in total. The Hall–Kier alpha value is -2.97. The molecule has 0 radical (unpaired) electrons. The number of nitrogens with one attached hydrogen (secondary N) is 1. The summed E-state index contributed by atoms with van der Waals surface area (Å²) in [6, 6.07) is 15.0. The molecule has 0 aliphatic carbocycles. The van der Waals surface area contributed by atoms with Gasteiger partial charge in [0.15, 0.2) is 5.71 Å². The van der Waals surface area contributed by atoms with Gasteiger partial charge in [0.25, 0.3) is 6.47 Å². The highest BCUT2D eigenvalue weighted by molar-refractivity contribution is 7.85. The highest BCUT2D eigenvalue weighted by Gasteiger charge is 2.44. The van der Waals surface area contributed by atoms with E-state index in [1.165, 1.54) is 0 Å². The summed E-state index contributed by atoms with van der Waals surface area (Å²) in [5.74, 6) is 0.0109. The Morgan fingerprint density at radius 3 is 2.57 bits per heavy atom. The molecule has 30 heavy (non-hydrogen) atoms. The monoisotopic (exact) mass is 428 g/mol. The summed E-state index contributed by atoms with van der Waals surface area (Å²) in [6.45, 7) is 4.85. The van der Waals surface area contributed by atoms with Crippen molar-refractivity contribution >= 4 is 33.7 Å². The number of nitrogens with zero attached hydrogens (tertiary/aromatic N) is 1. The largest absolute Gasteiger partial charge is 0.748 e. The number of allylic oxidation sites excluding steroid dienone is 1. The SMILES string of the molecule is CC1(C)C(/C=C/Nc2ccccc2)=[N+](CCCS(=O)(=O)[O-])c2ccc(OC=O)cc21. The Bertz CT molecular complexity index is 1090. The highest BCUT2D eigenvalue weighted by Crippen LogP contribution is 2.41. The molecule has 0 amide bonds. The number of para-hydroxylation sites is 1. The maximum Gasteiger partial charge on any atom is 0.298 e. The van der Waals surface area contributed by atoms with E-state index in [2.05, 4.69) is 5.32 Å². The summed E-state index contributed by atoms with van der Waals surface area (Å²) < 4.78 is 40.2. The van der Waals surface area contributed by atoms with Gasteiger partial charge in [-0.25, -0.2) is 8.42 Å². The summed E-state index contributed by atoms with van der Waals surface area (Å²) in [5, 5.41) is 3.22. The van der Waals surface area contributed by atoms with Gasteiger partial charge in [0, 0.05) is 41.8 Å². The van der Waals surface area contributed by atoms with Gasteiger partial charge < -0.3 is 14.6 Å². The van der Waals surface area contributed by atoms with Crippen LogP contribution < -0.4 is 10.1 Å². The zero-order valence-electron chi connectivity index (χ0n) is 16.9. The van der Waals surface area contributed by atoms with Crippen LogP contribution in [0.25, 0.3) is 0 Å². The first-order valence-corrected chi connectivity index (χ1v) is 11.1. The molecule has 0 fully saturated rings. The number of carbonyl (C=O) groups is 1. The van der Waals surface area contributed by atoms with Gasteiger partial charge in [-0.3, -0.25) is 4.79 Å². The fourth-order valence-electron chi connectivity index (χ4n) is 3.67. The van der Waals surface area contributed by atoms with E-state index in [0.29, 0.717) is 18.8 Å². The van der Waals surface area contributed by atoms with Crippen molar-refractivity contribution in [1.82, 2.24) is 0 Å². The molecular weight excluding hydrogens is 404 g/mol. The van der Waals surface area contributed by atoms with Crippen molar-refractivity contribution in [2.75, 3.05) is 17.6 Å². The first-order chi connectivity index (χ1) is 14.2. The summed E-state index contributed by atoms with van der Waals surface area (Å²) >= 11 is 0. The molecule has 1 aliphatic heterocycles. The van der Waals surface area contributed by atoms with Crippen LogP contribution in [0.1, 0.15) is 25.8 Å². The van der Waals surface area contributed by atoms with Gasteiger partial charge in [-0.05, 0) is 38.1 Å². The van der Waals surface area contributed by atoms with Gasteiger partial charge >= 0.3 is 0 Å². The molecule has 0 aromatic heterocycles. The van der Waals surface area contributed by atoms with E-state index in [1.54, 1.807) is 6.07 Å². The Morgan fingerprint density at radius 2 is 1.90 bits per heavy atom. The molecule has 1 N–H and O–H groups in total. The standard InChI is InChI=1S/C22H24N2O5S/c1-22(2)19-15-18(29-16-25)9-10-20(19)24(13-6-14-30(26,27)28)21(22)11-12-23-17-7-4-3-5-8-17/h3-5,7-12,15-16H,6,13-14H2,1-2H3,(H,26,27,28). The van der Waals surface area contributed by atoms with Crippen molar-refractivity contribution in [1.29, 1.82) is 0 Å². The minimum atomic E-state index is -4.28. The Kier molecular flexibility index (Phi) is 6.38. The van der Waals surface area contributed by atoms with Crippen LogP contribution in [0.3, 0.4) is 0 Å². The molecule has 2 aromatic rings. The minimum Gasteiger partial charge on any atom is -0.748 e. The number of rotatable bonds is 9. The fraction of sp³-hybridized carbons (Fsp3) is 0.273. The minimum absolute atomic E-state index is 0.206. The normalized spacial score (nSPS) is 15.3. The molecule has 3 rings (SSSR count). The third-order valence-corrected chi connectivity index (χ3v) is 5.88. The maximum atomic E-state index is 11.1. The molecule has 0 saturated heterocycles. The second-order valence-electron chi connectivity index (χ2n) is 7.51. The lowest BCUT2D eigenvalue weighted by Gasteiger charge is -2.16. The van der Waals surface area contributed by atoms with Gasteiger partial charge in [-0.15, -0.1) is 0 Å². The van der Waals surface area contributed by atoms with Crippen LogP contribution in [-0.2, 0) is 20.3 Å². The molecule has 0 saturated carbocycles. The topological polar surface area (TPSA) is 98.5 Å². The summed E-state index contributed by atoms with van der Waals surface area (Å²) in [7, 11) is -4.28. The first-order valence-electron chi connectivity index (χ1n) is 9.54. The van der Waals surface area contributed by atoms with Crippen molar-refractivity contribution in [3.63, 3.8) is 0 Å². The molecule has 1 aliphatic rings. The van der Waals surface area contributed by atoms with Gasteiger partial charge in [-0.2, -0.15) is 4.58 Å². The van der Waals surface area contributed by atoms with E-state index < -0.39 is 21.3 Å². The van der Waals surface area contributed by atoms with Crippen LogP contribution in [0.5, 0.6) is 5.75 Å². The number of benzene rings is 2. The number of anilines is 1. The number of fused-ring (bicyclic) bond motifs is 1. The number of ether oxygens (including phenoxy) is 1. The lowest BCUT2D eigenvalue weighted by Crippen LogP contribution is -2.28. The van der Waals surface area contributed by atoms with E-state index in [9.17, 15) is 17.8 Å². The van der Waals surface area contributed by atoms with Crippen molar-refractivity contribution in [3.8, 4) is 5.75 Å². The van der Waals surface area contributed by atoms with E-state index in [4.69, 9.17) is 4.74 Å². The average Bonchev–Trinajstić information content (AvgIpc) is 2.89. The molecule has 8 heteroatoms. The lowest BCUT2D eigenvalue weighted by molar-refractivity contribution is -0.437. The van der Waals surface area contributed by atoms with Crippen molar-refractivity contribution in [2.24, 2.45) is 0 Å². The van der Waals surface area contributed by atoms with Gasteiger partial charge in [0.1, 0.15) is 12.3 Å². The molecule has 2 aromatic carbocycles. The van der Waals surface area contributed by atoms with Gasteiger partial charge in [0.05, 0.1) is 15.5 Å². The predicted molar refractivity (Wildman–Crippen MR) is 114 cm³/mol. The highest BCUT2D eigenvalue weighted by atomic mass is 32.2. The van der Waals surface area contributed by atoms with Crippen molar-refractivity contribution < 1.29 is 27.1 Å². The summed E-state index contributed by atoms with van der Waals surface area (Å²) in [4.78, 5) is 10.7. The van der Waals surface area contributed by atoms with Crippen molar-refractivity contribution in [3.05, 3.63) is 66.4 Å². The van der Waals surface area contributed by atoms with Gasteiger partial charge in [-0.1, -0.05) is 18.2 Å².